The molecule has 0 saturated carbocycles. The summed E-state index contributed by atoms with van der Waals surface area (Å²) in [5.41, 5.74) is 3.98. The molecule has 3 heterocycles. The van der Waals surface area contributed by atoms with Gasteiger partial charge in [0.1, 0.15) is 11.2 Å². The fourth-order valence-electron chi connectivity index (χ4n) is 5.73. The summed E-state index contributed by atoms with van der Waals surface area (Å²) in [6, 6.07) is 33.9. The normalized spacial score (nSPS) is 13.2. The van der Waals surface area contributed by atoms with E-state index in [9.17, 15) is 0 Å². The van der Waals surface area contributed by atoms with Gasteiger partial charge in [-0.3, -0.25) is 0 Å². The molecular formula is C39H23N3OS. The Morgan fingerprint density at radius 3 is 2.02 bits per heavy atom. The molecule has 0 bridgehead atoms. The zero-order valence-electron chi connectivity index (χ0n) is 28.1. The van der Waals surface area contributed by atoms with Crippen LogP contribution in [0.1, 0.15) is 6.85 Å². The molecule has 0 atom stereocenters. The SMILES string of the molecule is [2H]c1c([2H])c([2H])c(-c2cccc3c2oc2cc(-c4nc(-c5ccccc5)nc(-c5ccc6sc7ccccc7c6c5)n4)ccc23)c([2H])c1[2H]. The zero-order chi connectivity index (χ0) is 33.4. The van der Waals surface area contributed by atoms with Gasteiger partial charge in [-0.1, -0.05) is 103 Å². The number of benzene rings is 6. The number of nitrogens with zero attached hydrogens (tertiary/aromatic N) is 3. The van der Waals surface area contributed by atoms with Crippen LogP contribution in [-0.2, 0) is 0 Å². The number of para-hydroxylation sites is 1. The predicted molar refractivity (Wildman–Crippen MR) is 182 cm³/mol. The molecule has 0 N–H and O–H groups in total. The van der Waals surface area contributed by atoms with Crippen molar-refractivity contribution in [2.75, 3.05) is 0 Å². The summed E-state index contributed by atoms with van der Waals surface area (Å²) in [7, 11) is 0. The van der Waals surface area contributed by atoms with E-state index in [0.29, 0.717) is 34.2 Å². The summed E-state index contributed by atoms with van der Waals surface area (Å²) < 4.78 is 50.4. The van der Waals surface area contributed by atoms with Gasteiger partial charge in [-0.15, -0.1) is 11.3 Å². The highest BCUT2D eigenvalue weighted by molar-refractivity contribution is 7.25. The van der Waals surface area contributed by atoms with Gasteiger partial charge in [0, 0.05) is 53.2 Å². The molecule has 0 saturated heterocycles. The fourth-order valence-corrected chi connectivity index (χ4v) is 6.82. The van der Waals surface area contributed by atoms with Crippen molar-refractivity contribution in [3.63, 3.8) is 0 Å². The summed E-state index contributed by atoms with van der Waals surface area (Å²) in [4.78, 5) is 14.8. The standard InChI is InChI=1S/C39H23N3OS/c1-3-10-24(11-4-1)28-15-9-16-31-29-20-18-27(23-33(29)43-36(28)31)39-41-37(25-12-5-2-6-13-25)40-38(42-39)26-19-21-35-32(22-26)30-14-7-8-17-34(30)44-35/h1-23H/i1D,3D,4D,10D,11D. The van der Waals surface area contributed by atoms with Crippen LogP contribution in [0, 0.1) is 0 Å². The molecular weight excluding hydrogens is 559 g/mol. The lowest BCUT2D eigenvalue weighted by Crippen LogP contribution is -2.00. The number of hydrogen-bond donors (Lipinski definition) is 0. The maximum atomic E-state index is 8.55. The van der Waals surface area contributed by atoms with Gasteiger partial charge in [0.15, 0.2) is 17.5 Å². The van der Waals surface area contributed by atoms with E-state index < -0.39 is 18.1 Å². The number of rotatable bonds is 4. The zero-order valence-corrected chi connectivity index (χ0v) is 23.9. The van der Waals surface area contributed by atoms with Gasteiger partial charge in [-0.2, -0.15) is 0 Å². The number of fused-ring (bicyclic) bond motifs is 6. The lowest BCUT2D eigenvalue weighted by molar-refractivity contribution is 0.670. The molecule has 0 unspecified atom stereocenters. The van der Waals surface area contributed by atoms with Gasteiger partial charge in [0.05, 0.1) is 6.85 Å². The van der Waals surface area contributed by atoms with Crippen molar-refractivity contribution in [3.05, 3.63) is 139 Å². The quantitative estimate of drug-likeness (QED) is 0.206. The van der Waals surface area contributed by atoms with Crippen LogP contribution in [0.5, 0.6) is 0 Å². The van der Waals surface area contributed by atoms with Crippen LogP contribution in [0.3, 0.4) is 0 Å². The van der Waals surface area contributed by atoms with Crippen molar-refractivity contribution < 1.29 is 11.3 Å². The summed E-state index contributed by atoms with van der Waals surface area (Å²) >= 11 is 1.76. The molecule has 9 rings (SSSR count). The van der Waals surface area contributed by atoms with Crippen LogP contribution in [0.15, 0.2) is 144 Å². The maximum Gasteiger partial charge on any atom is 0.164 e. The summed E-state index contributed by atoms with van der Waals surface area (Å²) in [5.74, 6) is 1.57. The Balaban J connectivity index is 1.22. The first-order valence-electron chi connectivity index (χ1n) is 16.6. The van der Waals surface area contributed by atoms with Crippen molar-refractivity contribution >= 4 is 53.4 Å². The molecule has 0 fully saturated rings. The second-order valence-corrected chi connectivity index (χ2v) is 11.6. The molecule has 0 aliphatic carbocycles. The van der Waals surface area contributed by atoms with Gasteiger partial charge < -0.3 is 4.42 Å². The molecule has 6 aromatic carbocycles. The molecule has 0 aliphatic rings. The minimum atomic E-state index is -0.435. The Bertz CT molecular complexity index is 2770. The Morgan fingerprint density at radius 2 is 1.18 bits per heavy atom. The fraction of sp³-hybridized carbons (Fsp3) is 0. The summed E-state index contributed by atoms with van der Waals surface area (Å²) in [5, 5.41) is 3.93. The predicted octanol–water partition coefficient (Wildman–Crippen LogP) is 10.8. The van der Waals surface area contributed by atoms with Crippen LogP contribution < -0.4 is 0 Å². The van der Waals surface area contributed by atoms with Crippen molar-refractivity contribution in [2.45, 2.75) is 0 Å². The smallest absolute Gasteiger partial charge is 0.164 e. The Labute approximate surface area is 264 Å². The van der Waals surface area contributed by atoms with Crippen molar-refractivity contribution in [3.8, 4) is 45.3 Å². The van der Waals surface area contributed by atoms with E-state index in [1.54, 1.807) is 23.5 Å². The largest absolute Gasteiger partial charge is 0.455 e. The van der Waals surface area contributed by atoms with Crippen molar-refractivity contribution in [2.24, 2.45) is 0 Å². The number of furan rings is 1. The Hall–Kier alpha value is -5.65. The van der Waals surface area contributed by atoms with Crippen molar-refractivity contribution in [1.29, 1.82) is 0 Å². The average molecular weight is 587 g/mol. The Kier molecular flexibility index (Phi) is 4.60. The maximum absolute atomic E-state index is 8.55. The summed E-state index contributed by atoms with van der Waals surface area (Å²) in [6.45, 7) is 0. The van der Waals surface area contributed by atoms with E-state index in [1.165, 1.54) is 14.8 Å². The third kappa shape index (κ3) is 4.09. The van der Waals surface area contributed by atoms with Crippen LogP contribution in [0.2, 0.25) is 0 Å². The van der Waals surface area contributed by atoms with E-state index in [0.717, 1.165) is 32.8 Å². The van der Waals surface area contributed by atoms with Crippen LogP contribution in [-0.4, -0.2) is 15.0 Å². The monoisotopic (exact) mass is 586 g/mol. The van der Waals surface area contributed by atoms with E-state index in [-0.39, 0.29) is 17.6 Å². The highest BCUT2D eigenvalue weighted by Gasteiger charge is 2.17. The second kappa shape index (κ2) is 9.97. The second-order valence-electron chi connectivity index (χ2n) is 10.5. The molecule has 206 valence electrons. The van der Waals surface area contributed by atoms with Gasteiger partial charge in [0.25, 0.3) is 0 Å². The Morgan fingerprint density at radius 1 is 0.500 bits per heavy atom. The van der Waals surface area contributed by atoms with Crippen molar-refractivity contribution in [1.82, 2.24) is 15.0 Å². The minimum absolute atomic E-state index is 0.0980. The molecule has 0 aliphatic heterocycles. The van der Waals surface area contributed by atoms with E-state index in [4.69, 9.17) is 26.2 Å². The topological polar surface area (TPSA) is 51.8 Å². The van der Waals surface area contributed by atoms with Gasteiger partial charge in [0.2, 0.25) is 0 Å². The molecule has 0 amide bonds. The molecule has 44 heavy (non-hydrogen) atoms. The lowest BCUT2D eigenvalue weighted by atomic mass is 10.0. The minimum Gasteiger partial charge on any atom is -0.455 e. The first-order valence-corrected chi connectivity index (χ1v) is 14.9. The molecule has 4 nitrogen and oxygen atoms in total. The third-order valence-corrected chi connectivity index (χ3v) is 8.98. The van der Waals surface area contributed by atoms with Crippen LogP contribution >= 0.6 is 11.3 Å². The number of aromatic nitrogens is 3. The number of thiophene rings is 1. The number of hydrogen-bond acceptors (Lipinski definition) is 5. The van der Waals surface area contributed by atoms with E-state index in [2.05, 4.69) is 42.5 Å². The van der Waals surface area contributed by atoms with Gasteiger partial charge >= 0.3 is 0 Å². The molecule has 9 aromatic rings. The van der Waals surface area contributed by atoms with E-state index >= 15 is 0 Å². The first kappa shape index (κ1) is 20.3. The van der Waals surface area contributed by atoms with Crippen LogP contribution in [0.4, 0.5) is 0 Å². The lowest BCUT2D eigenvalue weighted by Gasteiger charge is -2.08. The van der Waals surface area contributed by atoms with Crippen LogP contribution in [0.25, 0.3) is 87.4 Å². The molecule has 5 heteroatoms. The van der Waals surface area contributed by atoms with Gasteiger partial charge in [-0.05, 0) is 42.0 Å². The highest BCUT2D eigenvalue weighted by atomic mass is 32.1. The highest BCUT2D eigenvalue weighted by Crippen LogP contribution is 2.38. The molecule has 3 aromatic heterocycles. The molecule has 0 radical (unpaired) electrons. The van der Waals surface area contributed by atoms with Gasteiger partial charge in [-0.25, -0.2) is 15.0 Å². The third-order valence-electron chi connectivity index (χ3n) is 7.83. The summed E-state index contributed by atoms with van der Waals surface area (Å²) in [6.07, 6.45) is 0. The van der Waals surface area contributed by atoms with E-state index in [1.807, 2.05) is 54.6 Å². The first-order chi connectivity index (χ1) is 23.9. The molecule has 0 spiro atoms. The average Bonchev–Trinajstić information content (AvgIpc) is 3.71.